The first-order valence-corrected chi connectivity index (χ1v) is 3.72. The van der Waals surface area contributed by atoms with Crippen molar-refractivity contribution < 1.29 is 9.21 Å². The van der Waals surface area contributed by atoms with Crippen molar-refractivity contribution in [3.05, 3.63) is 23.7 Å². The monoisotopic (exact) mass is 162 g/mol. The predicted molar refractivity (Wildman–Crippen MR) is 45.8 cm³/mol. The van der Waals surface area contributed by atoms with Crippen LogP contribution in [0.2, 0.25) is 0 Å². The van der Waals surface area contributed by atoms with Gasteiger partial charge in [-0.15, -0.1) is 5.92 Å². The SMILES string of the molecule is CC#CCC(=O)c1ccoc1C. The fraction of sp³-hybridized carbons (Fsp3) is 0.300. The summed E-state index contributed by atoms with van der Waals surface area (Å²) < 4.78 is 5.00. The van der Waals surface area contributed by atoms with Crippen molar-refractivity contribution in [1.82, 2.24) is 0 Å². The van der Waals surface area contributed by atoms with Gasteiger partial charge in [0.25, 0.3) is 0 Å². The minimum atomic E-state index is 0.0237. The topological polar surface area (TPSA) is 30.2 Å². The molecule has 0 saturated heterocycles. The lowest BCUT2D eigenvalue weighted by atomic mass is 10.1. The average Bonchev–Trinajstić information content (AvgIpc) is 2.47. The predicted octanol–water partition coefficient (Wildman–Crippen LogP) is 2.18. The van der Waals surface area contributed by atoms with Crippen LogP contribution >= 0.6 is 0 Å². The smallest absolute Gasteiger partial charge is 0.178 e. The maximum absolute atomic E-state index is 11.3. The van der Waals surface area contributed by atoms with Gasteiger partial charge in [0.2, 0.25) is 0 Å². The van der Waals surface area contributed by atoms with Gasteiger partial charge in [0.05, 0.1) is 18.2 Å². The van der Waals surface area contributed by atoms with Crippen molar-refractivity contribution in [2.75, 3.05) is 0 Å². The summed E-state index contributed by atoms with van der Waals surface area (Å²) in [5.41, 5.74) is 0.637. The van der Waals surface area contributed by atoms with E-state index < -0.39 is 0 Å². The van der Waals surface area contributed by atoms with E-state index in [1.807, 2.05) is 0 Å². The van der Waals surface area contributed by atoms with Crippen LogP contribution in [0.3, 0.4) is 0 Å². The van der Waals surface area contributed by atoms with E-state index in [4.69, 9.17) is 4.42 Å². The van der Waals surface area contributed by atoms with Gasteiger partial charge in [0.1, 0.15) is 5.76 Å². The summed E-state index contributed by atoms with van der Waals surface area (Å²) in [4.78, 5) is 11.3. The van der Waals surface area contributed by atoms with Gasteiger partial charge in [0.15, 0.2) is 5.78 Å². The largest absolute Gasteiger partial charge is 0.469 e. The van der Waals surface area contributed by atoms with Crippen molar-refractivity contribution in [1.29, 1.82) is 0 Å². The normalized spacial score (nSPS) is 8.83. The Morgan fingerprint density at radius 1 is 1.67 bits per heavy atom. The third-order valence-corrected chi connectivity index (χ3v) is 1.58. The molecule has 1 rings (SSSR count). The number of hydrogen-bond donors (Lipinski definition) is 0. The number of hydrogen-bond acceptors (Lipinski definition) is 2. The average molecular weight is 162 g/mol. The summed E-state index contributed by atoms with van der Waals surface area (Å²) in [7, 11) is 0. The van der Waals surface area contributed by atoms with Crippen LogP contribution < -0.4 is 0 Å². The van der Waals surface area contributed by atoms with E-state index in [9.17, 15) is 4.79 Å². The Bertz CT molecular complexity index is 336. The van der Waals surface area contributed by atoms with Crippen LogP contribution in [0.5, 0.6) is 0 Å². The van der Waals surface area contributed by atoms with E-state index >= 15 is 0 Å². The van der Waals surface area contributed by atoms with Gasteiger partial charge in [-0.2, -0.15) is 0 Å². The molecule has 0 atom stereocenters. The van der Waals surface area contributed by atoms with Gasteiger partial charge in [-0.1, -0.05) is 5.92 Å². The highest BCUT2D eigenvalue weighted by molar-refractivity contribution is 5.98. The van der Waals surface area contributed by atoms with E-state index in [-0.39, 0.29) is 12.2 Å². The fourth-order valence-corrected chi connectivity index (χ4v) is 0.938. The van der Waals surface area contributed by atoms with Gasteiger partial charge in [-0.25, -0.2) is 0 Å². The molecule has 0 fully saturated rings. The van der Waals surface area contributed by atoms with Gasteiger partial charge < -0.3 is 4.42 Å². The molecular formula is C10H10O2. The van der Waals surface area contributed by atoms with E-state index in [0.29, 0.717) is 11.3 Å². The first kappa shape index (κ1) is 8.61. The standard InChI is InChI=1S/C10H10O2/c1-3-4-5-10(11)9-6-7-12-8(9)2/h6-7H,5H2,1-2H3. The molecule has 0 bridgehead atoms. The molecule has 0 amide bonds. The lowest BCUT2D eigenvalue weighted by Gasteiger charge is -1.91. The van der Waals surface area contributed by atoms with Crippen molar-refractivity contribution in [2.24, 2.45) is 0 Å². The Labute approximate surface area is 71.6 Å². The van der Waals surface area contributed by atoms with Crippen molar-refractivity contribution in [3.63, 3.8) is 0 Å². The van der Waals surface area contributed by atoms with Gasteiger partial charge in [-0.05, 0) is 19.9 Å². The van der Waals surface area contributed by atoms with Gasteiger partial charge in [-0.3, -0.25) is 4.79 Å². The molecule has 0 spiro atoms. The molecule has 0 radical (unpaired) electrons. The van der Waals surface area contributed by atoms with Crippen LogP contribution in [0.25, 0.3) is 0 Å². The molecule has 0 aromatic carbocycles. The summed E-state index contributed by atoms with van der Waals surface area (Å²) in [6.07, 6.45) is 1.79. The molecule has 62 valence electrons. The molecular weight excluding hydrogens is 152 g/mol. The van der Waals surface area contributed by atoms with Crippen LogP contribution in [-0.4, -0.2) is 5.78 Å². The molecule has 0 unspecified atom stereocenters. The van der Waals surface area contributed by atoms with E-state index in [0.717, 1.165) is 0 Å². The Morgan fingerprint density at radius 2 is 2.42 bits per heavy atom. The van der Waals surface area contributed by atoms with Gasteiger partial charge >= 0.3 is 0 Å². The Morgan fingerprint density at radius 3 is 2.92 bits per heavy atom. The molecule has 1 heterocycles. The first-order chi connectivity index (χ1) is 5.75. The minimum absolute atomic E-state index is 0.0237. The summed E-state index contributed by atoms with van der Waals surface area (Å²) in [5.74, 6) is 6.09. The maximum Gasteiger partial charge on any atom is 0.178 e. The second kappa shape index (κ2) is 3.77. The number of furan rings is 1. The van der Waals surface area contributed by atoms with E-state index in [1.54, 1.807) is 19.9 Å². The highest BCUT2D eigenvalue weighted by atomic mass is 16.3. The third kappa shape index (κ3) is 1.76. The van der Waals surface area contributed by atoms with Gasteiger partial charge in [0, 0.05) is 0 Å². The third-order valence-electron chi connectivity index (χ3n) is 1.58. The summed E-state index contributed by atoms with van der Waals surface area (Å²) in [6, 6.07) is 1.68. The van der Waals surface area contributed by atoms with Crippen LogP contribution in [-0.2, 0) is 0 Å². The number of carbonyl (C=O) groups is 1. The summed E-state index contributed by atoms with van der Waals surface area (Å²) in [6.45, 7) is 3.49. The number of aryl methyl sites for hydroxylation is 1. The van der Waals surface area contributed by atoms with Crippen molar-refractivity contribution in [2.45, 2.75) is 20.3 Å². The number of ketones is 1. The molecule has 2 nitrogen and oxygen atoms in total. The molecule has 0 aliphatic carbocycles. The summed E-state index contributed by atoms with van der Waals surface area (Å²) in [5, 5.41) is 0. The second-order valence-electron chi connectivity index (χ2n) is 2.42. The first-order valence-electron chi connectivity index (χ1n) is 3.72. The molecule has 0 saturated carbocycles. The lowest BCUT2D eigenvalue weighted by molar-refractivity contribution is 0.0996. The Hall–Kier alpha value is -1.49. The quantitative estimate of drug-likeness (QED) is 0.493. The zero-order valence-electron chi connectivity index (χ0n) is 7.18. The number of Topliss-reactive ketones (excluding diaryl/α,β-unsaturated/α-hetero) is 1. The van der Waals surface area contributed by atoms with Crippen LogP contribution in [0, 0.1) is 18.8 Å². The number of carbonyl (C=O) groups excluding carboxylic acids is 1. The molecule has 0 aliphatic heterocycles. The Balaban J connectivity index is 2.76. The molecule has 2 heteroatoms. The molecule has 12 heavy (non-hydrogen) atoms. The van der Waals surface area contributed by atoms with Crippen LogP contribution in [0.15, 0.2) is 16.7 Å². The fourth-order valence-electron chi connectivity index (χ4n) is 0.938. The van der Waals surface area contributed by atoms with Crippen molar-refractivity contribution in [3.8, 4) is 11.8 Å². The molecule has 1 aromatic rings. The highest BCUT2D eigenvalue weighted by Crippen LogP contribution is 2.10. The zero-order chi connectivity index (χ0) is 8.97. The lowest BCUT2D eigenvalue weighted by Crippen LogP contribution is -1.96. The van der Waals surface area contributed by atoms with Crippen LogP contribution in [0.4, 0.5) is 0 Å². The Kier molecular flexibility index (Phi) is 2.71. The van der Waals surface area contributed by atoms with Crippen molar-refractivity contribution >= 4 is 5.78 Å². The van der Waals surface area contributed by atoms with E-state index in [2.05, 4.69) is 11.8 Å². The molecule has 0 N–H and O–H groups in total. The zero-order valence-corrected chi connectivity index (χ0v) is 7.18. The number of rotatable bonds is 2. The molecule has 1 aromatic heterocycles. The van der Waals surface area contributed by atoms with Crippen LogP contribution in [0.1, 0.15) is 29.5 Å². The minimum Gasteiger partial charge on any atom is -0.469 e. The van der Waals surface area contributed by atoms with E-state index in [1.165, 1.54) is 6.26 Å². The molecule has 0 aliphatic rings. The summed E-state index contributed by atoms with van der Waals surface area (Å²) >= 11 is 0. The maximum atomic E-state index is 11.3. The highest BCUT2D eigenvalue weighted by Gasteiger charge is 2.08. The second-order valence-corrected chi connectivity index (χ2v) is 2.42.